The molecule has 0 unspecified atom stereocenters. The summed E-state index contributed by atoms with van der Waals surface area (Å²) in [7, 11) is 0. The Labute approximate surface area is 269 Å². The van der Waals surface area contributed by atoms with Gasteiger partial charge in [-0.1, -0.05) is 109 Å². The molecule has 216 valence electrons. The maximum atomic E-state index is 4.96. The number of rotatable bonds is 5. The molecule has 0 atom stereocenters. The molecule has 0 bridgehead atoms. The molecule has 0 aliphatic rings. The summed E-state index contributed by atoms with van der Waals surface area (Å²) in [5, 5.41) is 3.85. The molecule has 0 aliphatic heterocycles. The summed E-state index contributed by atoms with van der Waals surface area (Å²) in [4.78, 5) is 14.8. The largest absolute Gasteiger partial charge is 0.317 e. The van der Waals surface area contributed by atoms with Crippen LogP contribution in [0, 0.1) is 0 Å². The normalized spacial score (nSPS) is 11.5. The van der Waals surface area contributed by atoms with Crippen LogP contribution in [0.25, 0.3) is 82.1 Å². The number of aromatic nitrogens is 4. The summed E-state index contributed by atoms with van der Waals surface area (Å²) >= 11 is 1.85. The van der Waals surface area contributed by atoms with Crippen LogP contribution in [0.1, 0.15) is 0 Å². The van der Waals surface area contributed by atoms with E-state index in [9.17, 15) is 0 Å². The third-order valence-corrected chi connectivity index (χ3v) is 9.63. The molecule has 5 heteroatoms. The van der Waals surface area contributed by atoms with Gasteiger partial charge in [-0.15, -0.1) is 11.3 Å². The quantitative estimate of drug-likeness (QED) is 0.196. The summed E-state index contributed by atoms with van der Waals surface area (Å²) in [5.41, 5.74) is 7.54. The van der Waals surface area contributed by atoms with Gasteiger partial charge < -0.3 is 4.57 Å². The Kier molecular flexibility index (Phi) is 6.28. The summed E-state index contributed by atoms with van der Waals surface area (Å²) in [6.45, 7) is 0. The predicted molar refractivity (Wildman–Crippen MR) is 191 cm³/mol. The first-order valence-corrected chi connectivity index (χ1v) is 16.1. The van der Waals surface area contributed by atoms with E-state index in [1.54, 1.807) is 0 Å². The van der Waals surface area contributed by atoms with Gasteiger partial charge in [0.1, 0.15) is 0 Å². The van der Waals surface area contributed by atoms with Gasteiger partial charge in [0.05, 0.1) is 5.52 Å². The van der Waals surface area contributed by atoms with Gasteiger partial charge in [-0.3, -0.25) is 0 Å². The van der Waals surface area contributed by atoms with Gasteiger partial charge in [0.25, 0.3) is 0 Å². The fourth-order valence-electron chi connectivity index (χ4n) is 6.26. The average molecular weight is 607 g/mol. The molecule has 9 rings (SSSR count). The summed E-state index contributed by atoms with van der Waals surface area (Å²) in [5.74, 6) is 1.96. The SMILES string of the molecule is c1ccc(-c2ccc3sc4ccc5c(ccn5-c5cccc(-c6nc(-c7ccccc7)nc(-c7ccccc7)n6)c5)c4c3c2)cc1. The van der Waals surface area contributed by atoms with E-state index in [-0.39, 0.29) is 0 Å². The first-order valence-electron chi connectivity index (χ1n) is 15.3. The van der Waals surface area contributed by atoms with E-state index in [0.717, 1.165) is 22.4 Å². The fraction of sp³-hybridized carbons (Fsp3) is 0. The van der Waals surface area contributed by atoms with Gasteiger partial charge in [-0.2, -0.15) is 0 Å². The van der Waals surface area contributed by atoms with Crippen LogP contribution in [0.15, 0.2) is 158 Å². The first-order chi connectivity index (χ1) is 22.8. The molecular formula is C41H26N4S. The molecule has 9 aromatic rings. The van der Waals surface area contributed by atoms with E-state index >= 15 is 0 Å². The topological polar surface area (TPSA) is 43.6 Å². The van der Waals surface area contributed by atoms with Crippen molar-refractivity contribution in [3.63, 3.8) is 0 Å². The van der Waals surface area contributed by atoms with E-state index in [1.165, 1.54) is 42.2 Å². The molecule has 3 aromatic heterocycles. The Morgan fingerprint density at radius 3 is 1.67 bits per heavy atom. The van der Waals surface area contributed by atoms with E-state index < -0.39 is 0 Å². The molecule has 4 nitrogen and oxygen atoms in total. The molecular weight excluding hydrogens is 581 g/mol. The molecule has 46 heavy (non-hydrogen) atoms. The van der Waals surface area contributed by atoms with Gasteiger partial charge in [0, 0.05) is 54.1 Å². The standard InChI is InChI=1S/C41H26N4S/c1-4-11-27(12-5-1)30-19-21-36-34(26-30)38-33-23-24-45(35(33)20-22-37(38)46-36)32-18-10-17-31(25-32)41-43-39(28-13-6-2-7-14-28)42-40(44-41)29-15-8-3-9-16-29/h1-26H. The van der Waals surface area contributed by atoms with E-state index in [4.69, 9.17) is 15.0 Å². The predicted octanol–water partition coefficient (Wildman–Crippen LogP) is 10.9. The third kappa shape index (κ3) is 4.57. The number of nitrogens with zero attached hydrogens (tertiary/aromatic N) is 4. The lowest BCUT2D eigenvalue weighted by Crippen LogP contribution is -2.00. The van der Waals surface area contributed by atoms with Crippen LogP contribution in [-0.2, 0) is 0 Å². The Morgan fingerprint density at radius 1 is 0.413 bits per heavy atom. The lowest BCUT2D eigenvalue weighted by Gasteiger charge is -2.11. The molecule has 0 spiro atoms. The summed E-state index contributed by atoms with van der Waals surface area (Å²) in [6, 6.07) is 52.8. The highest BCUT2D eigenvalue weighted by atomic mass is 32.1. The minimum absolute atomic E-state index is 0.644. The lowest BCUT2D eigenvalue weighted by atomic mass is 10.0. The van der Waals surface area contributed by atoms with Crippen molar-refractivity contribution in [3.05, 3.63) is 158 Å². The Morgan fingerprint density at radius 2 is 1.00 bits per heavy atom. The van der Waals surface area contributed by atoms with Crippen molar-refractivity contribution >= 4 is 42.4 Å². The van der Waals surface area contributed by atoms with Gasteiger partial charge >= 0.3 is 0 Å². The molecule has 3 heterocycles. The van der Waals surface area contributed by atoms with Crippen LogP contribution in [0.3, 0.4) is 0 Å². The molecule has 0 radical (unpaired) electrons. The van der Waals surface area contributed by atoms with Gasteiger partial charge in [-0.25, -0.2) is 15.0 Å². The molecule has 0 fully saturated rings. The smallest absolute Gasteiger partial charge is 0.164 e. The summed E-state index contributed by atoms with van der Waals surface area (Å²) in [6.07, 6.45) is 2.17. The second kappa shape index (κ2) is 10.9. The number of fused-ring (bicyclic) bond motifs is 5. The minimum Gasteiger partial charge on any atom is -0.317 e. The van der Waals surface area contributed by atoms with Gasteiger partial charge in [0.2, 0.25) is 0 Å². The van der Waals surface area contributed by atoms with Crippen LogP contribution >= 0.6 is 11.3 Å². The van der Waals surface area contributed by atoms with E-state index in [0.29, 0.717) is 17.5 Å². The minimum atomic E-state index is 0.644. The Hall–Kier alpha value is -5.91. The molecule has 0 saturated heterocycles. The van der Waals surface area contributed by atoms with Crippen LogP contribution in [0.4, 0.5) is 0 Å². The average Bonchev–Trinajstić information content (AvgIpc) is 3.74. The Balaban J connectivity index is 1.18. The number of hydrogen-bond acceptors (Lipinski definition) is 4. The van der Waals surface area contributed by atoms with Gasteiger partial charge in [-0.05, 0) is 53.6 Å². The maximum Gasteiger partial charge on any atom is 0.164 e. The maximum absolute atomic E-state index is 4.96. The van der Waals surface area contributed by atoms with Crippen molar-refractivity contribution in [2.24, 2.45) is 0 Å². The molecule has 6 aromatic carbocycles. The van der Waals surface area contributed by atoms with E-state index in [1.807, 2.05) is 72.0 Å². The Bertz CT molecular complexity index is 2460. The molecule has 0 amide bonds. The second-order valence-electron chi connectivity index (χ2n) is 11.3. The fourth-order valence-corrected chi connectivity index (χ4v) is 7.36. The third-order valence-electron chi connectivity index (χ3n) is 8.49. The number of thiophene rings is 1. The molecule has 0 aliphatic carbocycles. The first kappa shape index (κ1) is 26.5. The van der Waals surface area contributed by atoms with Crippen molar-refractivity contribution in [1.82, 2.24) is 19.5 Å². The molecule has 0 saturated carbocycles. The van der Waals surface area contributed by atoms with Crippen molar-refractivity contribution in [2.45, 2.75) is 0 Å². The van der Waals surface area contributed by atoms with E-state index in [2.05, 4.69) is 102 Å². The van der Waals surface area contributed by atoms with Crippen molar-refractivity contribution in [2.75, 3.05) is 0 Å². The zero-order valence-electron chi connectivity index (χ0n) is 24.7. The monoisotopic (exact) mass is 606 g/mol. The van der Waals surface area contributed by atoms with Crippen LogP contribution in [0.2, 0.25) is 0 Å². The van der Waals surface area contributed by atoms with Crippen LogP contribution < -0.4 is 0 Å². The van der Waals surface area contributed by atoms with Crippen LogP contribution in [-0.4, -0.2) is 19.5 Å². The van der Waals surface area contributed by atoms with Crippen LogP contribution in [0.5, 0.6) is 0 Å². The highest BCUT2D eigenvalue weighted by molar-refractivity contribution is 7.26. The number of hydrogen-bond donors (Lipinski definition) is 0. The lowest BCUT2D eigenvalue weighted by molar-refractivity contribution is 1.07. The van der Waals surface area contributed by atoms with Crippen molar-refractivity contribution in [3.8, 4) is 51.0 Å². The van der Waals surface area contributed by atoms with Crippen molar-refractivity contribution < 1.29 is 0 Å². The molecule has 0 N–H and O–H groups in total. The highest BCUT2D eigenvalue weighted by Gasteiger charge is 2.15. The summed E-state index contributed by atoms with van der Waals surface area (Å²) < 4.78 is 4.86. The second-order valence-corrected chi connectivity index (χ2v) is 12.4. The van der Waals surface area contributed by atoms with Gasteiger partial charge in [0.15, 0.2) is 17.5 Å². The van der Waals surface area contributed by atoms with Crippen molar-refractivity contribution in [1.29, 1.82) is 0 Å². The number of benzene rings is 6. The zero-order chi connectivity index (χ0) is 30.5. The zero-order valence-corrected chi connectivity index (χ0v) is 25.5. The highest BCUT2D eigenvalue weighted by Crippen LogP contribution is 2.41.